The normalized spacial score (nSPS) is 12.1. The number of hydrogen-bond acceptors (Lipinski definition) is 6. The molecule has 0 bridgehead atoms. The Morgan fingerprint density at radius 2 is 1.20 bits per heavy atom. The molecule has 0 atom stereocenters. The first-order valence-corrected chi connectivity index (χ1v) is 16.5. The molecular weight excluding hydrogens is 618 g/mol. The van der Waals surface area contributed by atoms with Crippen molar-refractivity contribution in [1.29, 1.82) is 0 Å². The van der Waals surface area contributed by atoms with Gasteiger partial charge in [0, 0.05) is 31.3 Å². The zero-order valence-corrected chi connectivity index (χ0v) is 28.2. The van der Waals surface area contributed by atoms with Gasteiger partial charge in [0.25, 0.3) is 0 Å². The van der Waals surface area contributed by atoms with Crippen molar-refractivity contribution in [2.24, 2.45) is 0 Å². The van der Waals surface area contributed by atoms with Crippen molar-refractivity contribution in [2.75, 3.05) is 32.8 Å². The van der Waals surface area contributed by atoms with Crippen LogP contribution in [0.2, 0.25) is 0 Å². The lowest BCUT2D eigenvalue weighted by atomic mass is 9.90. The summed E-state index contributed by atoms with van der Waals surface area (Å²) in [5.74, 6) is -0.915. The predicted octanol–water partition coefficient (Wildman–Crippen LogP) is 6.67. The van der Waals surface area contributed by atoms with E-state index < -0.39 is 17.8 Å². The van der Waals surface area contributed by atoms with Crippen LogP contribution in [0.5, 0.6) is 0 Å². The number of nitrogens with zero attached hydrogens (tertiary/aromatic N) is 1. The Balaban J connectivity index is 1.24. The summed E-state index contributed by atoms with van der Waals surface area (Å²) in [6.07, 6.45) is -1.38. The minimum Gasteiger partial charge on any atom is -0.449 e. The van der Waals surface area contributed by atoms with E-state index in [4.69, 9.17) is 9.47 Å². The lowest BCUT2D eigenvalue weighted by molar-refractivity contribution is -0.131. The number of ketones is 1. The average Bonchev–Trinajstić information content (AvgIpc) is 3.42. The third-order valence-electron chi connectivity index (χ3n) is 8.38. The van der Waals surface area contributed by atoms with Crippen molar-refractivity contribution in [1.82, 2.24) is 15.5 Å². The van der Waals surface area contributed by atoms with Gasteiger partial charge in [-0.25, -0.2) is 9.59 Å². The summed E-state index contributed by atoms with van der Waals surface area (Å²) in [7, 11) is 0. The van der Waals surface area contributed by atoms with Gasteiger partial charge in [0.2, 0.25) is 5.91 Å². The molecule has 49 heavy (non-hydrogen) atoms. The van der Waals surface area contributed by atoms with Gasteiger partial charge in [-0.05, 0) is 54.2 Å². The first-order valence-electron chi connectivity index (χ1n) is 16.5. The molecule has 254 valence electrons. The minimum absolute atomic E-state index is 0.00276. The Labute approximate surface area is 287 Å². The average molecular weight is 662 g/mol. The Morgan fingerprint density at radius 3 is 1.76 bits per heavy atom. The number of carbonyl (C=O) groups excluding carboxylic acids is 4. The first kappa shape index (κ1) is 34.9. The van der Waals surface area contributed by atoms with Crippen LogP contribution in [-0.4, -0.2) is 67.2 Å². The van der Waals surface area contributed by atoms with Crippen molar-refractivity contribution in [3.05, 3.63) is 131 Å². The SMILES string of the molecule is CC(C)(C)OC(=O)NCC(=O)CCN(CC(c1ccccc1)c1ccccc1)C(=O)CNC(=O)OCC1c2ccccc2-c2ccccc21. The Kier molecular flexibility index (Phi) is 11.5. The summed E-state index contributed by atoms with van der Waals surface area (Å²) >= 11 is 0. The molecular formula is C40H43N3O6. The summed E-state index contributed by atoms with van der Waals surface area (Å²) in [4.78, 5) is 53.1. The van der Waals surface area contributed by atoms with Crippen molar-refractivity contribution in [3.63, 3.8) is 0 Å². The number of rotatable bonds is 13. The summed E-state index contributed by atoms with van der Waals surface area (Å²) in [5, 5.41) is 5.11. The maximum atomic E-state index is 13.7. The van der Waals surface area contributed by atoms with Gasteiger partial charge in [0.1, 0.15) is 18.8 Å². The van der Waals surface area contributed by atoms with Crippen LogP contribution < -0.4 is 10.6 Å². The van der Waals surface area contributed by atoms with Gasteiger partial charge < -0.3 is 25.0 Å². The van der Waals surface area contributed by atoms with E-state index in [0.29, 0.717) is 0 Å². The van der Waals surface area contributed by atoms with Gasteiger partial charge in [-0.15, -0.1) is 0 Å². The highest BCUT2D eigenvalue weighted by Crippen LogP contribution is 2.44. The third kappa shape index (κ3) is 9.56. The highest BCUT2D eigenvalue weighted by Gasteiger charge is 2.29. The number of nitrogens with one attached hydrogen (secondary N) is 2. The van der Waals surface area contributed by atoms with E-state index in [9.17, 15) is 19.2 Å². The van der Waals surface area contributed by atoms with Crippen molar-refractivity contribution in [3.8, 4) is 11.1 Å². The molecule has 9 heteroatoms. The number of fused-ring (bicyclic) bond motifs is 3. The molecule has 0 unspecified atom stereocenters. The van der Waals surface area contributed by atoms with Gasteiger partial charge in [-0.3, -0.25) is 9.59 Å². The molecule has 4 aromatic carbocycles. The lowest BCUT2D eigenvalue weighted by Gasteiger charge is -2.28. The van der Waals surface area contributed by atoms with E-state index in [1.165, 1.54) is 0 Å². The molecule has 0 aliphatic heterocycles. The Bertz CT molecular complexity index is 1670. The van der Waals surface area contributed by atoms with Gasteiger partial charge in [0.15, 0.2) is 5.78 Å². The standard InChI is InChI=1S/C40H43N3O6/c1-40(2,3)49-39(47)41-24-30(44)22-23-43(26-35(28-14-6-4-7-15-28)29-16-8-5-9-17-29)37(45)25-42-38(46)48-27-36-33-20-12-10-18-31(33)32-19-11-13-21-34(32)36/h4-21,35-36H,22-27H2,1-3H3,(H,41,47)(H,42,46). The quantitative estimate of drug-likeness (QED) is 0.166. The zero-order chi connectivity index (χ0) is 34.8. The number of carbonyl (C=O) groups is 4. The number of benzene rings is 4. The summed E-state index contributed by atoms with van der Waals surface area (Å²) in [6, 6.07) is 35.8. The molecule has 1 aliphatic carbocycles. The van der Waals surface area contributed by atoms with E-state index in [1.807, 2.05) is 97.1 Å². The van der Waals surface area contributed by atoms with Crippen LogP contribution in [0.1, 0.15) is 61.3 Å². The fourth-order valence-electron chi connectivity index (χ4n) is 6.05. The Morgan fingerprint density at radius 1 is 0.694 bits per heavy atom. The monoisotopic (exact) mass is 661 g/mol. The molecule has 0 fully saturated rings. The topological polar surface area (TPSA) is 114 Å². The molecule has 5 rings (SSSR count). The lowest BCUT2D eigenvalue weighted by Crippen LogP contribution is -2.44. The van der Waals surface area contributed by atoms with Crippen LogP contribution in [0, 0.1) is 0 Å². The fraction of sp³-hybridized carbons (Fsp3) is 0.300. The van der Waals surface area contributed by atoms with Crippen LogP contribution in [0.15, 0.2) is 109 Å². The van der Waals surface area contributed by atoms with E-state index in [2.05, 4.69) is 22.8 Å². The van der Waals surface area contributed by atoms with Gasteiger partial charge >= 0.3 is 12.2 Å². The van der Waals surface area contributed by atoms with E-state index in [1.54, 1.807) is 25.7 Å². The number of alkyl carbamates (subject to hydrolysis) is 2. The van der Waals surface area contributed by atoms with Crippen molar-refractivity contribution >= 4 is 23.9 Å². The van der Waals surface area contributed by atoms with Crippen LogP contribution in [0.4, 0.5) is 9.59 Å². The van der Waals surface area contributed by atoms with Crippen LogP contribution in [0.3, 0.4) is 0 Å². The largest absolute Gasteiger partial charge is 0.449 e. The van der Waals surface area contributed by atoms with Crippen LogP contribution >= 0.6 is 0 Å². The van der Waals surface area contributed by atoms with Crippen LogP contribution in [0.25, 0.3) is 11.1 Å². The molecule has 0 radical (unpaired) electrons. The second-order valence-electron chi connectivity index (χ2n) is 13.0. The van der Waals surface area contributed by atoms with Gasteiger partial charge in [-0.2, -0.15) is 0 Å². The highest BCUT2D eigenvalue weighted by atomic mass is 16.6. The molecule has 0 heterocycles. The van der Waals surface area contributed by atoms with E-state index in [-0.39, 0.29) is 62.7 Å². The highest BCUT2D eigenvalue weighted by molar-refractivity contribution is 5.86. The fourth-order valence-corrected chi connectivity index (χ4v) is 6.05. The first-order chi connectivity index (χ1) is 23.6. The van der Waals surface area contributed by atoms with Gasteiger partial charge in [0.05, 0.1) is 6.54 Å². The number of ether oxygens (including phenoxy) is 2. The molecule has 3 amide bonds. The van der Waals surface area contributed by atoms with E-state index in [0.717, 1.165) is 33.4 Å². The number of hydrogen-bond donors (Lipinski definition) is 2. The maximum Gasteiger partial charge on any atom is 0.408 e. The maximum absolute atomic E-state index is 13.7. The van der Waals surface area contributed by atoms with Gasteiger partial charge in [-0.1, -0.05) is 109 Å². The molecule has 9 nitrogen and oxygen atoms in total. The second-order valence-corrected chi connectivity index (χ2v) is 13.0. The molecule has 4 aromatic rings. The minimum atomic E-state index is -0.699. The van der Waals surface area contributed by atoms with Crippen molar-refractivity contribution in [2.45, 2.75) is 44.6 Å². The third-order valence-corrected chi connectivity index (χ3v) is 8.38. The Hall–Kier alpha value is -5.44. The molecule has 2 N–H and O–H groups in total. The number of amides is 3. The van der Waals surface area contributed by atoms with E-state index >= 15 is 0 Å². The second kappa shape index (κ2) is 16.1. The molecule has 0 aromatic heterocycles. The number of Topliss-reactive ketones (excluding diaryl/α,β-unsaturated/α-hetero) is 1. The summed E-state index contributed by atoms with van der Waals surface area (Å²) in [5.41, 5.74) is 5.76. The zero-order valence-electron chi connectivity index (χ0n) is 28.2. The van der Waals surface area contributed by atoms with Crippen molar-refractivity contribution < 1.29 is 28.7 Å². The summed E-state index contributed by atoms with van der Waals surface area (Å²) < 4.78 is 10.9. The van der Waals surface area contributed by atoms with Crippen LogP contribution in [-0.2, 0) is 19.1 Å². The molecule has 0 spiro atoms. The molecule has 0 saturated heterocycles. The summed E-state index contributed by atoms with van der Waals surface area (Å²) in [6.45, 7) is 5.18. The predicted molar refractivity (Wildman–Crippen MR) is 188 cm³/mol. The molecule has 1 aliphatic rings. The smallest absolute Gasteiger partial charge is 0.408 e. The molecule has 0 saturated carbocycles.